The Hall–Kier alpha value is -3.74. The minimum Gasteiger partial charge on any atom is -0.452 e. The number of ether oxygens (including phenoxy) is 1. The lowest BCUT2D eigenvalue weighted by Crippen LogP contribution is -2.37. The van der Waals surface area contributed by atoms with Gasteiger partial charge in [0.2, 0.25) is 0 Å². The van der Waals surface area contributed by atoms with Crippen LogP contribution in [-0.2, 0) is 9.53 Å². The predicted molar refractivity (Wildman–Crippen MR) is 105 cm³/mol. The van der Waals surface area contributed by atoms with E-state index in [4.69, 9.17) is 4.74 Å². The van der Waals surface area contributed by atoms with Gasteiger partial charge in [-0.2, -0.15) is 0 Å². The summed E-state index contributed by atoms with van der Waals surface area (Å²) in [7, 11) is 0. The van der Waals surface area contributed by atoms with Gasteiger partial charge in [-0.1, -0.05) is 29.8 Å². The first-order valence-electron chi connectivity index (χ1n) is 8.63. The lowest BCUT2D eigenvalue weighted by atomic mass is 10.1. The van der Waals surface area contributed by atoms with Crippen molar-refractivity contribution in [3.63, 3.8) is 0 Å². The quantitative estimate of drug-likeness (QED) is 0.680. The van der Waals surface area contributed by atoms with Crippen molar-refractivity contribution in [3.8, 4) is 0 Å². The minimum atomic E-state index is -0.728. The SMILES string of the molecule is Cc1ccc(NC(=O)NC(=O)COC(=O)c2cccc3ncccc23)c(C)c1. The third-order valence-electron chi connectivity index (χ3n) is 4.08. The molecule has 3 amide bonds. The van der Waals surface area contributed by atoms with Crippen LogP contribution in [0.25, 0.3) is 10.9 Å². The maximum atomic E-state index is 12.3. The molecule has 0 aliphatic heterocycles. The van der Waals surface area contributed by atoms with Crippen LogP contribution in [0.1, 0.15) is 21.5 Å². The topological polar surface area (TPSA) is 97.4 Å². The molecule has 0 atom stereocenters. The normalized spacial score (nSPS) is 10.4. The zero-order valence-electron chi connectivity index (χ0n) is 15.5. The molecule has 3 aromatic rings. The molecule has 0 aliphatic carbocycles. The number of aromatic nitrogens is 1. The van der Waals surface area contributed by atoms with Crippen molar-refractivity contribution in [3.05, 3.63) is 71.4 Å². The molecule has 7 nitrogen and oxygen atoms in total. The Bertz CT molecular complexity index is 1060. The number of nitrogens with one attached hydrogen (secondary N) is 2. The second-order valence-corrected chi connectivity index (χ2v) is 6.27. The Morgan fingerprint density at radius 1 is 1.04 bits per heavy atom. The zero-order valence-corrected chi connectivity index (χ0v) is 15.5. The van der Waals surface area contributed by atoms with Gasteiger partial charge >= 0.3 is 12.0 Å². The summed E-state index contributed by atoms with van der Waals surface area (Å²) in [5.74, 6) is -1.39. The van der Waals surface area contributed by atoms with Crippen LogP contribution in [0.2, 0.25) is 0 Å². The van der Waals surface area contributed by atoms with Crippen molar-refractivity contribution < 1.29 is 19.1 Å². The van der Waals surface area contributed by atoms with Gasteiger partial charge in [-0.3, -0.25) is 15.1 Å². The highest BCUT2D eigenvalue weighted by Crippen LogP contribution is 2.17. The van der Waals surface area contributed by atoms with E-state index in [-0.39, 0.29) is 0 Å². The molecule has 0 spiro atoms. The molecule has 0 aliphatic rings. The summed E-state index contributed by atoms with van der Waals surface area (Å²) in [5, 5.41) is 5.36. The minimum absolute atomic E-state index is 0.304. The van der Waals surface area contributed by atoms with Gasteiger partial charge in [-0.05, 0) is 43.7 Å². The number of pyridine rings is 1. The van der Waals surface area contributed by atoms with Gasteiger partial charge in [-0.25, -0.2) is 9.59 Å². The van der Waals surface area contributed by atoms with Crippen molar-refractivity contribution in [1.29, 1.82) is 0 Å². The number of carbonyl (C=O) groups excluding carboxylic acids is 3. The summed E-state index contributed by atoms with van der Waals surface area (Å²) < 4.78 is 5.03. The Morgan fingerprint density at radius 2 is 1.86 bits per heavy atom. The molecule has 0 bridgehead atoms. The number of anilines is 1. The molecule has 0 radical (unpaired) electrons. The maximum Gasteiger partial charge on any atom is 0.339 e. The van der Waals surface area contributed by atoms with E-state index in [1.807, 2.05) is 26.0 Å². The maximum absolute atomic E-state index is 12.3. The van der Waals surface area contributed by atoms with E-state index in [9.17, 15) is 14.4 Å². The van der Waals surface area contributed by atoms with E-state index in [1.165, 1.54) is 0 Å². The third kappa shape index (κ3) is 4.50. The second-order valence-electron chi connectivity index (χ2n) is 6.27. The van der Waals surface area contributed by atoms with E-state index >= 15 is 0 Å². The predicted octanol–water partition coefficient (Wildman–Crippen LogP) is 3.36. The number of aryl methyl sites for hydroxylation is 2. The van der Waals surface area contributed by atoms with Crippen LogP contribution in [0.5, 0.6) is 0 Å². The Balaban J connectivity index is 1.56. The van der Waals surface area contributed by atoms with Crippen LogP contribution in [0.4, 0.5) is 10.5 Å². The highest BCUT2D eigenvalue weighted by atomic mass is 16.5. The third-order valence-corrected chi connectivity index (χ3v) is 4.08. The van der Waals surface area contributed by atoms with Crippen LogP contribution in [-0.4, -0.2) is 29.5 Å². The van der Waals surface area contributed by atoms with Gasteiger partial charge in [0.15, 0.2) is 6.61 Å². The standard InChI is InChI=1S/C21H19N3O4/c1-13-8-9-17(14(2)11-13)23-21(27)24-19(25)12-28-20(26)16-5-3-7-18-15(16)6-4-10-22-18/h3-11H,12H2,1-2H3,(H2,23,24,25,27). The van der Waals surface area contributed by atoms with Gasteiger partial charge in [0.25, 0.3) is 5.91 Å². The van der Waals surface area contributed by atoms with Crippen molar-refractivity contribution in [1.82, 2.24) is 10.3 Å². The summed E-state index contributed by atoms with van der Waals surface area (Å²) in [6, 6.07) is 13.3. The molecule has 0 saturated heterocycles. The molecule has 1 aromatic heterocycles. The molecule has 142 valence electrons. The van der Waals surface area contributed by atoms with E-state index in [1.54, 1.807) is 42.6 Å². The number of nitrogens with zero attached hydrogens (tertiary/aromatic N) is 1. The molecule has 7 heteroatoms. The first-order valence-corrected chi connectivity index (χ1v) is 8.63. The summed E-state index contributed by atoms with van der Waals surface area (Å²) in [4.78, 5) is 40.3. The summed E-state index contributed by atoms with van der Waals surface area (Å²) >= 11 is 0. The number of hydrogen-bond acceptors (Lipinski definition) is 5. The average molecular weight is 377 g/mol. The van der Waals surface area contributed by atoms with Gasteiger partial charge < -0.3 is 10.1 Å². The number of amides is 3. The number of rotatable bonds is 4. The summed E-state index contributed by atoms with van der Waals surface area (Å²) in [6.45, 7) is 3.22. The molecule has 28 heavy (non-hydrogen) atoms. The van der Waals surface area contributed by atoms with Crippen LogP contribution in [0, 0.1) is 13.8 Å². The molecule has 0 fully saturated rings. The lowest BCUT2D eigenvalue weighted by Gasteiger charge is -2.10. The van der Waals surface area contributed by atoms with Crippen molar-refractivity contribution in [2.45, 2.75) is 13.8 Å². The average Bonchev–Trinajstić information content (AvgIpc) is 2.68. The molecule has 0 unspecified atom stereocenters. The van der Waals surface area contributed by atoms with Crippen LogP contribution in [0.3, 0.4) is 0 Å². The Labute approximate surface area is 161 Å². The van der Waals surface area contributed by atoms with E-state index < -0.39 is 24.5 Å². The first kappa shape index (κ1) is 19.0. The fourth-order valence-electron chi connectivity index (χ4n) is 2.76. The zero-order chi connectivity index (χ0) is 20.1. The summed E-state index contributed by atoms with van der Waals surface area (Å²) in [6.07, 6.45) is 1.62. The fraction of sp³-hybridized carbons (Fsp3) is 0.143. The number of benzene rings is 2. The van der Waals surface area contributed by atoms with Crippen molar-refractivity contribution in [2.75, 3.05) is 11.9 Å². The highest BCUT2D eigenvalue weighted by Gasteiger charge is 2.15. The molecular formula is C21H19N3O4. The number of urea groups is 1. The number of hydrogen-bond donors (Lipinski definition) is 2. The van der Waals surface area contributed by atoms with Gasteiger partial charge in [0, 0.05) is 17.3 Å². The first-order chi connectivity index (χ1) is 13.4. The van der Waals surface area contributed by atoms with E-state index in [2.05, 4.69) is 15.6 Å². The number of carbonyl (C=O) groups is 3. The van der Waals surface area contributed by atoms with E-state index in [0.717, 1.165) is 11.1 Å². The van der Waals surface area contributed by atoms with Crippen molar-refractivity contribution in [2.24, 2.45) is 0 Å². The lowest BCUT2D eigenvalue weighted by molar-refractivity contribution is -0.123. The highest BCUT2D eigenvalue weighted by molar-refractivity contribution is 6.05. The smallest absolute Gasteiger partial charge is 0.339 e. The van der Waals surface area contributed by atoms with Crippen molar-refractivity contribution >= 4 is 34.5 Å². The van der Waals surface area contributed by atoms with E-state index in [0.29, 0.717) is 22.2 Å². The van der Waals surface area contributed by atoms with Crippen LogP contribution < -0.4 is 10.6 Å². The molecule has 2 N–H and O–H groups in total. The molecular weight excluding hydrogens is 358 g/mol. The van der Waals surface area contributed by atoms with Crippen LogP contribution >= 0.6 is 0 Å². The molecule has 3 rings (SSSR count). The molecule has 2 aromatic carbocycles. The largest absolute Gasteiger partial charge is 0.452 e. The Morgan fingerprint density at radius 3 is 2.64 bits per heavy atom. The van der Waals surface area contributed by atoms with Gasteiger partial charge in [-0.15, -0.1) is 0 Å². The monoisotopic (exact) mass is 377 g/mol. The van der Waals surface area contributed by atoms with Gasteiger partial charge in [0.1, 0.15) is 0 Å². The van der Waals surface area contributed by atoms with Crippen LogP contribution in [0.15, 0.2) is 54.7 Å². The Kier molecular flexibility index (Phi) is 5.64. The summed E-state index contributed by atoms with van der Waals surface area (Å²) in [5.41, 5.74) is 3.48. The van der Waals surface area contributed by atoms with Gasteiger partial charge in [0.05, 0.1) is 11.1 Å². The molecule has 1 heterocycles. The number of esters is 1. The number of imide groups is 1. The number of fused-ring (bicyclic) bond motifs is 1. The molecule has 0 saturated carbocycles. The second kappa shape index (κ2) is 8.30. The fourth-order valence-corrected chi connectivity index (χ4v) is 2.76.